The topological polar surface area (TPSA) is 116 Å². The van der Waals surface area contributed by atoms with Gasteiger partial charge in [0.2, 0.25) is 5.96 Å². The summed E-state index contributed by atoms with van der Waals surface area (Å²) in [7, 11) is 0. The number of halogens is 1. The normalized spacial score (nSPS) is 15.0. The third-order valence-corrected chi connectivity index (χ3v) is 3.02. The molecule has 8 nitrogen and oxygen atoms in total. The first kappa shape index (κ1) is 16.7. The van der Waals surface area contributed by atoms with Gasteiger partial charge in [0.1, 0.15) is 5.82 Å². The van der Waals surface area contributed by atoms with Crippen molar-refractivity contribution in [1.29, 1.82) is 5.41 Å². The zero-order valence-corrected chi connectivity index (χ0v) is 12.4. The van der Waals surface area contributed by atoms with E-state index in [1.807, 2.05) is 0 Å². The molecule has 0 atom stereocenters. The average molecular weight is 328 g/mol. The second-order valence-corrected chi connectivity index (χ2v) is 4.50. The highest BCUT2D eigenvalue weighted by Crippen LogP contribution is 2.21. The van der Waals surface area contributed by atoms with Crippen molar-refractivity contribution in [3.05, 3.63) is 70.3 Å². The molecule has 0 spiro atoms. The molecule has 0 saturated carbocycles. The molecular weight excluding hydrogens is 315 g/mol. The summed E-state index contributed by atoms with van der Waals surface area (Å²) >= 11 is 0. The lowest BCUT2D eigenvalue weighted by Crippen LogP contribution is -2.32. The highest BCUT2D eigenvalue weighted by Gasteiger charge is 2.15. The number of hydrogen-bond donors (Lipinski definition) is 3. The summed E-state index contributed by atoms with van der Waals surface area (Å²) in [5.74, 6) is -0.641. The molecule has 0 amide bonds. The largest absolute Gasteiger partial charge is 0.325 e. The van der Waals surface area contributed by atoms with Gasteiger partial charge in [0, 0.05) is 23.9 Å². The van der Waals surface area contributed by atoms with Gasteiger partial charge in [-0.2, -0.15) is 0 Å². The van der Waals surface area contributed by atoms with Crippen LogP contribution in [-0.4, -0.2) is 23.4 Å². The minimum Gasteiger partial charge on any atom is -0.325 e. The lowest BCUT2D eigenvalue weighted by molar-refractivity contribution is -0.384. The Morgan fingerprint density at radius 2 is 2.29 bits per heavy atom. The number of allylic oxidation sites excluding steroid dienone is 1. The molecule has 0 bridgehead atoms. The molecule has 0 aliphatic carbocycles. The van der Waals surface area contributed by atoms with E-state index in [1.165, 1.54) is 12.3 Å². The average Bonchev–Trinajstić information content (AvgIpc) is 2.57. The Kier molecular flexibility index (Phi) is 4.95. The van der Waals surface area contributed by atoms with Gasteiger partial charge in [-0.1, -0.05) is 12.7 Å². The quantitative estimate of drug-likeness (QED) is 0.341. The number of nitrogens with one attached hydrogen (secondary N) is 3. The first-order valence-corrected chi connectivity index (χ1v) is 6.61. The molecule has 1 aromatic rings. The molecule has 0 radical (unpaired) electrons. The zero-order chi connectivity index (χ0) is 17.7. The van der Waals surface area contributed by atoms with Crippen molar-refractivity contribution in [2.75, 3.05) is 5.32 Å². The van der Waals surface area contributed by atoms with Crippen molar-refractivity contribution in [2.45, 2.75) is 0 Å². The summed E-state index contributed by atoms with van der Waals surface area (Å²) in [5.41, 5.74) is 0.453. The van der Waals surface area contributed by atoms with Crippen LogP contribution in [0.4, 0.5) is 15.8 Å². The van der Waals surface area contributed by atoms with E-state index < -0.39 is 10.7 Å². The van der Waals surface area contributed by atoms with E-state index >= 15 is 0 Å². The molecular formula is C15H13FN6O2. The molecule has 2 rings (SSSR count). The van der Waals surface area contributed by atoms with Crippen LogP contribution in [0.3, 0.4) is 0 Å². The molecule has 1 aromatic carbocycles. The number of guanidine groups is 1. The molecule has 1 aliphatic rings. The minimum absolute atomic E-state index is 0.0973. The minimum atomic E-state index is -0.672. The summed E-state index contributed by atoms with van der Waals surface area (Å²) < 4.78 is 13.8. The van der Waals surface area contributed by atoms with Crippen LogP contribution in [0.1, 0.15) is 0 Å². The number of rotatable bonds is 4. The van der Waals surface area contributed by atoms with Gasteiger partial charge in [-0.15, -0.1) is 0 Å². The molecule has 3 N–H and O–H groups in total. The van der Waals surface area contributed by atoms with Gasteiger partial charge in [-0.3, -0.25) is 15.5 Å². The number of benzene rings is 1. The van der Waals surface area contributed by atoms with E-state index in [4.69, 9.17) is 5.41 Å². The summed E-state index contributed by atoms with van der Waals surface area (Å²) in [4.78, 5) is 17.7. The van der Waals surface area contributed by atoms with Gasteiger partial charge in [-0.05, 0) is 18.9 Å². The highest BCUT2D eigenvalue weighted by atomic mass is 19.1. The van der Waals surface area contributed by atoms with E-state index in [0.29, 0.717) is 11.3 Å². The van der Waals surface area contributed by atoms with Crippen LogP contribution < -0.4 is 10.6 Å². The van der Waals surface area contributed by atoms with Crippen LogP contribution in [0.25, 0.3) is 0 Å². The number of non-ortho nitro benzene ring substituents is 1. The number of nitrogens with zero attached hydrogens (tertiary/aromatic N) is 3. The Labute approximate surface area is 136 Å². The smallest absolute Gasteiger partial charge is 0.271 e. The van der Waals surface area contributed by atoms with E-state index in [9.17, 15) is 14.5 Å². The van der Waals surface area contributed by atoms with Crippen molar-refractivity contribution in [3.63, 3.8) is 0 Å². The van der Waals surface area contributed by atoms with Gasteiger partial charge in [0.05, 0.1) is 16.3 Å². The third kappa shape index (κ3) is 3.58. The highest BCUT2D eigenvalue weighted by molar-refractivity contribution is 6.04. The Balaban J connectivity index is 2.29. The molecule has 0 fully saturated rings. The second kappa shape index (κ2) is 7.09. The predicted molar refractivity (Wildman–Crippen MR) is 90.9 cm³/mol. The number of hydrogen-bond acceptors (Lipinski definition) is 6. The van der Waals surface area contributed by atoms with Crippen molar-refractivity contribution in [1.82, 2.24) is 5.32 Å². The molecule has 0 saturated heterocycles. The first-order valence-electron chi connectivity index (χ1n) is 6.61. The summed E-state index contributed by atoms with van der Waals surface area (Å²) in [6.45, 7) is 6.89. The lowest BCUT2D eigenvalue weighted by Gasteiger charge is -2.17. The van der Waals surface area contributed by atoms with E-state index in [1.54, 1.807) is 6.08 Å². The van der Waals surface area contributed by atoms with Gasteiger partial charge in [0.15, 0.2) is 5.84 Å². The molecule has 0 unspecified atom stereocenters. The van der Waals surface area contributed by atoms with Crippen LogP contribution in [-0.2, 0) is 0 Å². The summed E-state index contributed by atoms with van der Waals surface area (Å²) in [6, 6.07) is 3.11. The fourth-order valence-electron chi connectivity index (χ4n) is 1.88. The van der Waals surface area contributed by atoms with Crippen molar-refractivity contribution < 1.29 is 9.31 Å². The number of aliphatic imine (C=N–C) groups is 2. The molecule has 9 heteroatoms. The molecule has 24 heavy (non-hydrogen) atoms. The van der Waals surface area contributed by atoms with Crippen LogP contribution in [0.5, 0.6) is 0 Å². The Morgan fingerprint density at radius 3 is 2.92 bits per heavy atom. The fraction of sp³-hybridized carbons (Fsp3) is 0. The number of nitro groups is 1. The van der Waals surface area contributed by atoms with Crippen LogP contribution in [0, 0.1) is 21.3 Å². The van der Waals surface area contributed by atoms with Gasteiger partial charge in [-0.25, -0.2) is 14.4 Å². The third-order valence-electron chi connectivity index (χ3n) is 3.02. The first-order chi connectivity index (χ1) is 11.5. The van der Waals surface area contributed by atoms with Gasteiger partial charge in [0.25, 0.3) is 5.69 Å². The maximum atomic E-state index is 13.8. The van der Waals surface area contributed by atoms with Crippen molar-refractivity contribution in [2.24, 2.45) is 9.98 Å². The predicted octanol–water partition coefficient (Wildman–Crippen LogP) is 2.74. The number of amidine groups is 1. The maximum absolute atomic E-state index is 13.8. The van der Waals surface area contributed by atoms with Crippen molar-refractivity contribution >= 4 is 29.9 Å². The number of anilines is 1. The standard InChI is InChI=1S/C15H13FN6O2/c1-3-10(14(17)18-2)12-6-7-19-15(20-12)21-13-8-9(22(23)24)4-5-11(13)16/h3-8,17H,1-2H2,(H2,19,20,21)/b12-10-,17-14?. The van der Waals surface area contributed by atoms with Gasteiger partial charge >= 0.3 is 0 Å². The Morgan fingerprint density at radius 1 is 1.54 bits per heavy atom. The van der Waals surface area contributed by atoms with Gasteiger partial charge < -0.3 is 10.6 Å². The monoisotopic (exact) mass is 328 g/mol. The van der Waals surface area contributed by atoms with Crippen LogP contribution >= 0.6 is 0 Å². The maximum Gasteiger partial charge on any atom is 0.271 e. The SMILES string of the molecule is C=C/C(C(=N)N=C)=C1\C=CN=C(Nc2cc([N+](=O)[O-])ccc2F)N1. The zero-order valence-electron chi connectivity index (χ0n) is 12.4. The number of nitro benzene ring substituents is 1. The molecule has 1 heterocycles. The van der Waals surface area contributed by atoms with Crippen LogP contribution in [0.15, 0.2) is 64.4 Å². The molecule has 0 aromatic heterocycles. The lowest BCUT2D eigenvalue weighted by atomic mass is 10.1. The van der Waals surface area contributed by atoms with E-state index in [-0.39, 0.29) is 23.2 Å². The molecule has 122 valence electrons. The second-order valence-electron chi connectivity index (χ2n) is 4.50. The Hall–Kier alpha value is -3.62. The Bertz CT molecular complexity index is 825. The fourth-order valence-corrected chi connectivity index (χ4v) is 1.88. The summed E-state index contributed by atoms with van der Waals surface area (Å²) in [5, 5.41) is 24.0. The summed E-state index contributed by atoms with van der Waals surface area (Å²) in [6.07, 6.45) is 4.41. The van der Waals surface area contributed by atoms with Crippen molar-refractivity contribution in [3.8, 4) is 0 Å². The van der Waals surface area contributed by atoms with E-state index in [2.05, 4.69) is 33.9 Å². The van der Waals surface area contributed by atoms with Crippen LogP contribution in [0.2, 0.25) is 0 Å². The van der Waals surface area contributed by atoms with E-state index in [0.717, 1.165) is 18.2 Å². The molecule has 1 aliphatic heterocycles.